The van der Waals surface area contributed by atoms with Gasteiger partial charge in [-0.1, -0.05) is 41.4 Å². The summed E-state index contributed by atoms with van der Waals surface area (Å²) >= 11 is 11.9. The maximum atomic E-state index is 10.3. The first-order valence-corrected chi connectivity index (χ1v) is 7.04. The fourth-order valence-electron chi connectivity index (χ4n) is 2.37. The number of phenols is 1. The normalized spacial score (nSPS) is 17.4. The van der Waals surface area contributed by atoms with Crippen LogP contribution in [0.25, 0.3) is 5.70 Å². The average molecular weight is 323 g/mol. The minimum absolute atomic E-state index is 0.123. The van der Waals surface area contributed by atoms with Crippen LogP contribution in [-0.4, -0.2) is 15.4 Å². The Hall–Kier alpha value is -1.75. The molecule has 21 heavy (non-hydrogen) atoms. The van der Waals surface area contributed by atoms with Crippen LogP contribution in [0, 0.1) is 0 Å². The molecule has 2 aromatic carbocycles. The third-order valence-corrected chi connectivity index (χ3v) is 3.97. The zero-order valence-corrected chi connectivity index (χ0v) is 12.6. The van der Waals surface area contributed by atoms with E-state index in [9.17, 15) is 10.3 Å². The fourth-order valence-corrected chi connectivity index (χ4v) is 2.88. The van der Waals surface area contributed by atoms with Gasteiger partial charge in [-0.15, -0.1) is 0 Å². The summed E-state index contributed by atoms with van der Waals surface area (Å²) in [6.07, 6.45) is -0.795. The molecule has 2 N–H and O–H groups in total. The Morgan fingerprint density at radius 2 is 1.90 bits per heavy atom. The van der Waals surface area contributed by atoms with Gasteiger partial charge in [0, 0.05) is 15.8 Å². The molecule has 0 radical (unpaired) electrons. The van der Waals surface area contributed by atoms with Crippen LogP contribution < -0.4 is 10.6 Å². The molecule has 0 saturated carbocycles. The van der Waals surface area contributed by atoms with Gasteiger partial charge in [0.15, 0.2) is 6.17 Å². The molecule has 0 aliphatic carbocycles. The number of phenolic OH excluding ortho intramolecular Hbond substituents is 1. The van der Waals surface area contributed by atoms with Crippen molar-refractivity contribution in [2.75, 3.05) is 0 Å². The van der Waals surface area contributed by atoms with Gasteiger partial charge in [0.1, 0.15) is 5.75 Å². The summed E-state index contributed by atoms with van der Waals surface area (Å²) in [5.74, 6) is -0.138. The number of benzene rings is 2. The van der Waals surface area contributed by atoms with Crippen LogP contribution in [0.5, 0.6) is 5.75 Å². The van der Waals surface area contributed by atoms with E-state index in [1.807, 2.05) is 24.3 Å². The number of aromatic hydroxyl groups is 1. The van der Waals surface area contributed by atoms with Gasteiger partial charge >= 0.3 is 0 Å². The summed E-state index contributed by atoms with van der Waals surface area (Å²) in [5, 5.41) is 23.5. The van der Waals surface area contributed by atoms with Crippen LogP contribution in [0.15, 0.2) is 41.4 Å². The van der Waals surface area contributed by atoms with Gasteiger partial charge in [-0.05, 0) is 25.1 Å². The highest BCUT2D eigenvalue weighted by atomic mass is 35.5. The molecule has 0 amide bonds. The number of hydrogen-bond acceptors (Lipinski definition) is 4. The summed E-state index contributed by atoms with van der Waals surface area (Å²) < 4.78 is 0. The van der Waals surface area contributed by atoms with Crippen molar-refractivity contribution >= 4 is 28.9 Å². The van der Waals surface area contributed by atoms with E-state index in [0.29, 0.717) is 16.3 Å². The summed E-state index contributed by atoms with van der Waals surface area (Å²) in [6.45, 7) is 1.78. The first-order chi connectivity index (χ1) is 9.99. The van der Waals surface area contributed by atoms with Crippen LogP contribution in [0.4, 0.5) is 0 Å². The van der Waals surface area contributed by atoms with E-state index in [-0.39, 0.29) is 10.8 Å². The van der Waals surface area contributed by atoms with E-state index in [0.717, 1.165) is 15.6 Å². The number of fused-ring (bicyclic) bond motifs is 1. The quantitative estimate of drug-likeness (QED) is 0.848. The van der Waals surface area contributed by atoms with Crippen molar-refractivity contribution < 1.29 is 10.3 Å². The lowest BCUT2D eigenvalue weighted by Crippen LogP contribution is -2.39. The molecule has 0 fully saturated rings. The predicted molar refractivity (Wildman–Crippen MR) is 80.8 cm³/mol. The third-order valence-electron chi connectivity index (χ3n) is 3.47. The molecule has 1 aliphatic heterocycles. The molecule has 6 heteroatoms. The summed E-state index contributed by atoms with van der Waals surface area (Å²) in [7, 11) is 0. The lowest BCUT2D eigenvalue weighted by atomic mass is 10.1. The van der Waals surface area contributed by atoms with E-state index in [1.54, 1.807) is 13.0 Å². The number of hydrogen-bond donors (Lipinski definition) is 2. The largest absolute Gasteiger partial charge is 0.506 e. The van der Waals surface area contributed by atoms with E-state index < -0.39 is 6.17 Å². The van der Waals surface area contributed by atoms with Crippen molar-refractivity contribution in [3.63, 3.8) is 0 Å². The van der Waals surface area contributed by atoms with Gasteiger partial charge in [-0.25, -0.2) is 5.06 Å². The lowest BCUT2D eigenvalue weighted by Gasteiger charge is -2.29. The van der Waals surface area contributed by atoms with E-state index >= 15 is 0 Å². The number of para-hydroxylation sites is 1. The maximum absolute atomic E-state index is 10.3. The topological polar surface area (TPSA) is 56.1 Å². The van der Waals surface area contributed by atoms with Gasteiger partial charge in [-0.3, -0.25) is 10.2 Å². The van der Waals surface area contributed by atoms with Crippen LogP contribution in [0.1, 0.15) is 18.7 Å². The van der Waals surface area contributed by atoms with Crippen molar-refractivity contribution in [3.8, 4) is 5.75 Å². The molecule has 108 valence electrons. The third kappa shape index (κ3) is 2.35. The van der Waals surface area contributed by atoms with Gasteiger partial charge in [0.05, 0.1) is 16.1 Å². The highest BCUT2D eigenvalue weighted by Crippen LogP contribution is 2.38. The molecule has 2 aromatic rings. The zero-order valence-electron chi connectivity index (χ0n) is 11.1. The average Bonchev–Trinajstić information content (AvgIpc) is 2.47. The second-order valence-electron chi connectivity index (χ2n) is 4.78. The molecule has 4 nitrogen and oxygen atoms in total. The van der Waals surface area contributed by atoms with Crippen molar-refractivity contribution in [2.45, 2.75) is 13.1 Å². The van der Waals surface area contributed by atoms with Crippen molar-refractivity contribution in [1.82, 2.24) is 5.06 Å². The summed E-state index contributed by atoms with van der Waals surface area (Å²) in [6, 6.07) is 10.4. The molecule has 0 aromatic heterocycles. The molecule has 1 atom stereocenters. The monoisotopic (exact) mass is 322 g/mol. The molecule has 3 rings (SSSR count). The lowest BCUT2D eigenvalue weighted by molar-refractivity contribution is -0.0712. The standard InChI is InChI=1S/C15H12Cl2N2O2/c1-8-10-4-2-3-5-13(10)18-15(19(8)21)11-6-9(16)7-12(17)14(11)20/h2-7,15,20-21H,1H3/t15-/m0/s1. The van der Waals surface area contributed by atoms with E-state index in [2.05, 4.69) is 4.99 Å². The van der Waals surface area contributed by atoms with Gasteiger partial charge in [-0.2, -0.15) is 0 Å². The van der Waals surface area contributed by atoms with Crippen LogP contribution in [0.2, 0.25) is 10.0 Å². The van der Waals surface area contributed by atoms with Crippen molar-refractivity contribution in [1.29, 1.82) is 0 Å². The minimum Gasteiger partial charge on any atom is -0.506 e. The number of rotatable bonds is 1. The minimum atomic E-state index is -0.795. The fraction of sp³-hybridized carbons (Fsp3) is 0.133. The first kappa shape index (κ1) is 14.2. The Kier molecular flexibility index (Phi) is 3.53. The van der Waals surface area contributed by atoms with Crippen LogP contribution in [-0.2, 0) is 0 Å². The molecule has 0 saturated heterocycles. The Morgan fingerprint density at radius 3 is 2.67 bits per heavy atom. The smallest absolute Gasteiger partial charge is 0.175 e. The molecule has 1 aliphatic rings. The Balaban J connectivity index is 2.25. The number of halogens is 2. The summed E-state index contributed by atoms with van der Waals surface area (Å²) in [5.41, 5.74) is 0.991. The second kappa shape index (κ2) is 5.22. The predicted octanol–water partition coefficient (Wildman–Crippen LogP) is 2.85. The van der Waals surface area contributed by atoms with Crippen LogP contribution >= 0.6 is 23.2 Å². The van der Waals surface area contributed by atoms with E-state index in [1.165, 1.54) is 6.07 Å². The highest BCUT2D eigenvalue weighted by molar-refractivity contribution is 6.35. The maximum Gasteiger partial charge on any atom is 0.175 e. The Bertz CT molecular complexity index is 836. The van der Waals surface area contributed by atoms with Gasteiger partial charge in [0.25, 0.3) is 0 Å². The summed E-state index contributed by atoms with van der Waals surface area (Å²) in [4.78, 5) is 4.47. The van der Waals surface area contributed by atoms with Crippen LogP contribution in [0.3, 0.4) is 0 Å². The molecule has 0 bridgehead atoms. The highest BCUT2D eigenvalue weighted by Gasteiger charge is 2.26. The Morgan fingerprint density at radius 1 is 1.19 bits per heavy atom. The zero-order chi connectivity index (χ0) is 15.1. The van der Waals surface area contributed by atoms with E-state index in [4.69, 9.17) is 23.2 Å². The Labute approximate surface area is 131 Å². The van der Waals surface area contributed by atoms with Gasteiger partial charge < -0.3 is 5.11 Å². The molecule has 1 heterocycles. The van der Waals surface area contributed by atoms with Crippen molar-refractivity contribution in [2.24, 2.45) is 4.99 Å². The molecular weight excluding hydrogens is 311 g/mol. The molecule has 0 unspecified atom stereocenters. The molecular formula is C15H12Cl2N2O2. The first-order valence-electron chi connectivity index (χ1n) is 6.29. The number of hydroxylamine groups is 2. The molecule has 0 spiro atoms. The SMILES string of the molecule is CC1=c2ccccc2=N[C@H](c2cc(Cl)cc(Cl)c2O)N1O. The van der Waals surface area contributed by atoms with Gasteiger partial charge in [0.2, 0.25) is 0 Å². The van der Waals surface area contributed by atoms with Crippen molar-refractivity contribution in [3.05, 3.63) is 62.6 Å². The number of nitrogens with zero attached hydrogens (tertiary/aromatic N) is 2. The second-order valence-corrected chi connectivity index (χ2v) is 5.62.